The molecule has 0 spiro atoms. The van der Waals surface area contributed by atoms with E-state index in [4.69, 9.17) is 10.7 Å². The predicted octanol–water partition coefficient (Wildman–Crippen LogP) is 4.33. The highest BCUT2D eigenvalue weighted by Gasteiger charge is 2.21. The van der Waals surface area contributed by atoms with Crippen molar-refractivity contribution in [1.29, 1.82) is 0 Å². The van der Waals surface area contributed by atoms with Crippen LogP contribution in [0.2, 0.25) is 0 Å². The van der Waals surface area contributed by atoms with Crippen molar-refractivity contribution in [3.63, 3.8) is 0 Å². The number of carbonyl (C=O) groups is 1. The molecule has 0 heterocycles. The fourth-order valence-electron chi connectivity index (χ4n) is 2.62. The third kappa shape index (κ3) is 3.13. The van der Waals surface area contributed by atoms with Crippen molar-refractivity contribution in [3.05, 3.63) is 71.8 Å². The van der Waals surface area contributed by atoms with Crippen LogP contribution in [0.1, 0.15) is 15.9 Å². The fraction of sp³-hybridized carbons (Fsp3) is 0.0556. The maximum atomic E-state index is 12.5. The lowest BCUT2D eigenvalue weighted by molar-refractivity contribution is 0.102. The second kappa shape index (κ2) is 6.26. The standard InChI is InChI=1S/C18H14ClNO3S/c1-12-6-2-4-8-14(12)18(21)20-16-11-10-13-7-3-5-9-15(13)17(16)24(19,22)23/h2-11H,1H3,(H,20,21). The largest absolute Gasteiger partial charge is 0.321 e. The summed E-state index contributed by atoms with van der Waals surface area (Å²) in [4.78, 5) is 12.4. The van der Waals surface area contributed by atoms with Crippen LogP contribution in [0.15, 0.2) is 65.6 Å². The average Bonchev–Trinajstić information content (AvgIpc) is 2.53. The average molecular weight is 360 g/mol. The van der Waals surface area contributed by atoms with E-state index in [-0.39, 0.29) is 16.5 Å². The highest BCUT2D eigenvalue weighted by atomic mass is 35.7. The number of rotatable bonds is 3. The summed E-state index contributed by atoms with van der Waals surface area (Å²) < 4.78 is 24.1. The van der Waals surface area contributed by atoms with Crippen LogP contribution in [0.25, 0.3) is 10.8 Å². The summed E-state index contributed by atoms with van der Waals surface area (Å²) in [6, 6.07) is 17.3. The van der Waals surface area contributed by atoms with Crippen LogP contribution in [-0.4, -0.2) is 14.3 Å². The Morgan fingerprint density at radius 1 is 0.958 bits per heavy atom. The van der Waals surface area contributed by atoms with Gasteiger partial charge in [-0.25, -0.2) is 8.42 Å². The summed E-state index contributed by atoms with van der Waals surface area (Å²) in [6.45, 7) is 1.81. The minimum Gasteiger partial charge on any atom is -0.321 e. The lowest BCUT2D eigenvalue weighted by atomic mass is 10.1. The molecule has 0 saturated heterocycles. The topological polar surface area (TPSA) is 63.2 Å². The van der Waals surface area contributed by atoms with Gasteiger partial charge in [-0.05, 0) is 30.0 Å². The Morgan fingerprint density at radius 2 is 1.62 bits per heavy atom. The van der Waals surface area contributed by atoms with Crippen LogP contribution in [0, 0.1) is 6.92 Å². The van der Waals surface area contributed by atoms with E-state index >= 15 is 0 Å². The predicted molar refractivity (Wildman–Crippen MR) is 96.1 cm³/mol. The highest BCUT2D eigenvalue weighted by Crippen LogP contribution is 2.33. The highest BCUT2D eigenvalue weighted by molar-refractivity contribution is 8.14. The van der Waals surface area contributed by atoms with E-state index in [2.05, 4.69) is 5.32 Å². The summed E-state index contributed by atoms with van der Waals surface area (Å²) >= 11 is 0. The van der Waals surface area contributed by atoms with Gasteiger partial charge in [0.1, 0.15) is 4.90 Å². The number of amides is 1. The molecule has 3 rings (SSSR count). The first-order chi connectivity index (χ1) is 11.4. The van der Waals surface area contributed by atoms with Gasteiger partial charge in [-0.1, -0.05) is 48.5 Å². The van der Waals surface area contributed by atoms with E-state index in [0.717, 1.165) is 10.9 Å². The second-order valence-electron chi connectivity index (χ2n) is 5.37. The van der Waals surface area contributed by atoms with Gasteiger partial charge in [-0.15, -0.1) is 0 Å². The van der Waals surface area contributed by atoms with Gasteiger partial charge in [0.2, 0.25) is 0 Å². The Labute approximate surface area is 144 Å². The van der Waals surface area contributed by atoms with Crippen molar-refractivity contribution in [3.8, 4) is 0 Å². The van der Waals surface area contributed by atoms with Gasteiger partial charge >= 0.3 is 0 Å². The quantitative estimate of drug-likeness (QED) is 0.708. The number of hydrogen-bond acceptors (Lipinski definition) is 3. The Kier molecular flexibility index (Phi) is 4.30. The molecule has 4 nitrogen and oxygen atoms in total. The van der Waals surface area contributed by atoms with E-state index in [9.17, 15) is 13.2 Å². The number of fused-ring (bicyclic) bond motifs is 1. The first-order valence-electron chi connectivity index (χ1n) is 7.21. The Morgan fingerprint density at radius 3 is 2.33 bits per heavy atom. The minimum atomic E-state index is -4.04. The zero-order valence-electron chi connectivity index (χ0n) is 12.8. The molecule has 24 heavy (non-hydrogen) atoms. The maximum Gasteiger partial charge on any atom is 0.263 e. The fourth-order valence-corrected chi connectivity index (χ4v) is 3.95. The van der Waals surface area contributed by atoms with E-state index in [0.29, 0.717) is 10.9 Å². The molecule has 0 bridgehead atoms. The monoisotopic (exact) mass is 359 g/mol. The summed E-state index contributed by atoms with van der Waals surface area (Å²) in [6.07, 6.45) is 0. The van der Waals surface area contributed by atoms with Crippen LogP contribution in [0.4, 0.5) is 5.69 Å². The minimum absolute atomic E-state index is 0.0933. The molecule has 1 amide bonds. The summed E-state index contributed by atoms with van der Waals surface area (Å²) in [5.41, 5.74) is 1.44. The normalized spacial score (nSPS) is 11.4. The maximum absolute atomic E-state index is 12.5. The van der Waals surface area contributed by atoms with Crippen LogP contribution in [0.5, 0.6) is 0 Å². The molecule has 0 unspecified atom stereocenters. The Balaban J connectivity index is 2.13. The molecule has 0 fully saturated rings. The molecule has 0 aromatic heterocycles. The summed E-state index contributed by atoms with van der Waals surface area (Å²) in [5, 5.41) is 3.86. The van der Waals surface area contributed by atoms with Crippen molar-refractivity contribution < 1.29 is 13.2 Å². The van der Waals surface area contributed by atoms with Gasteiger partial charge in [0.05, 0.1) is 5.69 Å². The Hall–Kier alpha value is -2.37. The molecular weight excluding hydrogens is 346 g/mol. The van der Waals surface area contributed by atoms with Gasteiger partial charge in [0, 0.05) is 21.6 Å². The van der Waals surface area contributed by atoms with E-state index in [1.165, 1.54) is 0 Å². The van der Waals surface area contributed by atoms with E-state index in [1.54, 1.807) is 48.5 Å². The van der Waals surface area contributed by atoms with Crippen LogP contribution >= 0.6 is 10.7 Å². The zero-order valence-corrected chi connectivity index (χ0v) is 14.4. The number of benzene rings is 3. The van der Waals surface area contributed by atoms with Gasteiger partial charge in [0.25, 0.3) is 15.0 Å². The van der Waals surface area contributed by atoms with Crippen LogP contribution in [0.3, 0.4) is 0 Å². The smallest absolute Gasteiger partial charge is 0.263 e. The molecule has 1 N–H and O–H groups in total. The lowest BCUT2D eigenvalue weighted by Crippen LogP contribution is -2.15. The zero-order chi connectivity index (χ0) is 17.3. The molecule has 0 radical (unpaired) electrons. The number of carbonyl (C=O) groups excluding carboxylic acids is 1. The molecule has 3 aromatic carbocycles. The number of nitrogens with one attached hydrogen (secondary N) is 1. The first kappa shape index (κ1) is 16.5. The van der Waals surface area contributed by atoms with Crippen LogP contribution in [-0.2, 0) is 9.05 Å². The molecule has 122 valence electrons. The molecular formula is C18H14ClNO3S. The Bertz CT molecular complexity index is 1050. The summed E-state index contributed by atoms with van der Waals surface area (Å²) in [7, 11) is 1.58. The molecule has 6 heteroatoms. The molecule has 0 aliphatic rings. The first-order valence-corrected chi connectivity index (χ1v) is 9.52. The van der Waals surface area contributed by atoms with Crippen molar-refractivity contribution in [2.24, 2.45) is 0 Å². The van der Waals surface area contributed by atoms with Gasteiger partial charge < -0.3 is 5.32 Å². The van der Waals surface area contributed by atoms with E-state index in [1.807, 2.05) is 19.1 Å². The summed E-state index contributed by atoms with van der Waals surface area (Å²) in [5.74, 6) is -0.384. The van der Waals surface area contributed by atoms with Gasteiger partial charge in [-0.2, -0.15) is 0 Å². The molecule has 0 saturated carbocycles. The van der Waals surface area contributed by atoms with Crippen LogP contribution < -0.4 is 5.32 Å². The SMILES string of the molecule is Cc1ccccc1C(=O)Nc1ccc2ccccc2c1S(=O)(=O)Cl. The molecule has 0 aliphatic heterocycles. The number of anilines is 1. The number of aryl methyl sites for hydroxylation is 1. The third-order valence-electron chi connectivity index (χ3n) is 3.76. The van der Waals surface area contributed by atoms with E-state index < -0.39 is 9.05 Å². The third-order valence-corrected chi connectivity index (χ3v) is 5.15. The number of hydrogen-bond donors (Lipinski definition) is 1. The van der Waals surface area contributed by atoms with Gasteiger partial charge in [0.15, 0.2) is 0 Å². The van der Waals surface area contributed by atoms with Crippen molar-refractivity contribution >= 4 is 42.1 Å². The van der Waals surface area contributed by atoms with Crippen molar-refractivity contribution in [2.45, 2.75) is 11.8 Å². The second-order valence-corrected chi connectivity index (χ2v) is 7.87. The van der Waals surface area contributed by atoms with Crippen molar-refractivity contribution in [2.75, 3.05) is 5.32 Å². The lowest BCUT2D eigenvalue weighted by Gasteiger charge is -2.13. The van der Waals surface area contributed by atoms with Gasteiger partial charge in [-0.3, -0.25) is 4.79 Å². The van der Waals surface area contributed by atoms with Crippen molar-refractivity contribution in [1.82, 2.24) is 0 Å². The number of halogens is 1. The molecule has 3 aromatic rings. The molecule has 0 aliphatic carbocycles. The molecule has 0 atom stereocenters.